The molecule has 4 rings (SSSR count). The standard InChI is InChI=1S/C34H42N2O5S.CH4/c1-24(2)36(34(18-10-19-34)22-26-12-6-5-7-13-26)23-27-15-16-29(30(21-27)28-14-9-8-11-25(28)3)32(37)35-31(33(38)39)17-20-42(4,40)41;/h5-9,11-16,21,24,31H,10,17-20,22-23H2,1-4H3,(H,35,37)(H,38,39);1H4/t31-;/m0./s1. The molecule has 3 aromatic carbocycles. The van der Waals surface area contributed by atoms with Crippen LogP contribution in [0.2, 0.25) is 0 Å². The summed E-state index contributed by atoms with van der Waals surface area (Å²) in [7, 11) is -3.38. The monoisotopic (exact) mass is 606 g/mol. The lowest BCUT2D eigenvalue weighted by Gasteiger charge is -2.53. The van der Waals surface area contributed by atoms with Gasteiger partial charge in [0.15, 0.2) is 0 Å². The van der Waals surface area contributed by atoms with Crippen LogP contribution in [0.3, 0.4) is 0 Å². The van der Waals surface area contributed by atoms with Crippen LogP contribution < -0.4 is 5.32 Å². The van der Waals surface area contributed by atoms with Gasteiger partial charge in [-0.2, -0.15) is 0 Å². The molecule has 1 saturated carbocycles. The number of sulfone groups is 1. The predicted molar refractivity (Wildman–Crippen MR) is 174 cm³/mol. The van der Waals surface area contributed by atoms with E-state index in [0.717, 1.165) is 54.3 Å². The van der Waals surface area contributed by atoms with Gasteiger partial charge in [-0.15, -0.1) is 0 Å². The van der Waals surface area contributed by atoms with Crippen LogP contribution >= 0.6 is 0 Å². The van der Waals surface area contributed by atoms with Crippen LogP contribution in [-0.4, -0.2) is 59.9 Å². The minimum absolute atomic E-state index is 0. The van der Waals surface area contributed by atoms with E-state index in [1.807, 2.05) is 49.4 Å². The van der Waals surface area contributed by atoms with Gasteiger partial charge >= 0.3 is 5.97 Å². The number of hydrogen-bond donors (Lipinski definition) is 2. The molecule has 1 aliphatic rings. The van der Waals surface area contributed by atoms with E-state index in [-0.39, 0.29) is 25.1 Å². The SMILES string of the molecule is C.Cc1ccccc1-c1cc(CN(C(C)C)C2(Cc3ccccc3)CCC2)ccc1C(=O)N[C@@H](CCS(C)(=O)=O)C(=O)O. The number of carbonyl (C=O) groups excluding carboxylic acids is 1. The summed E-state index contributed by atoms with van der Waals surface area (Å²) in [5.41, 5.74) is 5.45. The van der Waals surface area contributed by atoms with Crippen LogP contribution in [0.15, 0.2) is 72.8 Å². The quantitative estimate of drug-likeness (QED) is 0.237. The number of aliphatic carboxylic acids is 1. The third-order valence-electron chi connectivity index (χ3n) is 8.39. The van der Waals surface area contributed by atoms with Crippen LogP contribution in [0.5, 0.6) is 0 Å². The first-order valence-corrected chi connectivity index (χ1v) is 16.7. The second-order valence-electron chi connectivity index (χ2n) is 11.9. The predicted octanol–water partition coefficient (Wildman–Crippen LogP) is 6.29. The molecule has 0 unspecified atom stereocenters. The normalized spacial score (nSPS) is 14.9. The van der Waals surface area contributed by atoms with Crippen molar-refractivity contribution in [2.75, 3.05) is 12.0 Å². The van der Waals surface area contributed by atoms with Crippen LogP contribution in [0, 0.1) is 6.92 Å². The molecule has 43 heavy (non-hydrogen) atoms. The smallest absolute Gasteiger partial charge is 0.326 e. The van der Waals surface area contributed by atoms with Crippen molar-refractivity contribution in [3.63, 3.8) is 0 Å². The average molecular weight is 607 g/mol. The number of aryl methyl sites for hydroxylation is 1. The average Bonchev–Trinajstić information content (AvgIpc) is 2.91. The molecule has 1 amide bonds. The van der Waals surface area contributed by atoms with Gasteiger partial charge in [0.2, 0.25) is 0 Å². The van der Waals surface area contributed by atoms with E-state index < -0.39 is 27.8 Å². The molecule has 1 atom stereocenters. The van der Waals surface area contributed by atoms with Gasteiger partial charge in [-0.1, -0.05) is 68.1 Å². The van der Waals surface area contributed by atoms with Crippen molar-refractivity contribution in [1.82, 2.24) is 10.2 Å². The summed E-state index contributed by atoms with van der Waals surface area (Å²) in [5, 5.41) is 12.3. The Balaban J connectivity index is 0.00000506. The van der Waals surface area contributed by atoms with Gasteiger partial charge < -0.3 is 10.4 Å². The lowest BCUT2D eigenvalue weighted by atomic mass is 9.70. The van der Waals surface area contributed by atoms with Gasteiger partial charge in [0.05, 0.1) is 5.75 Å². The first-order chi connectivity index (χ1) is 19.9. The van der Waals surface area contributed by atoms with Crippen molar-refractivity contribution in [2.24, 2.45) is 0 Å². The molecule has 0 spiro atoms. The Bertz CT molecular complexity index is 1510. The van der Waals surface area contributed by atoms with Crippen molar-refractivity contribution in [3.8, 4) is 11.1 Å². The molecule has 0 aromatic heterocycles. The lowest BCUT2D eigenvalue weighted by molar-refractivity contribution is -0.139. The fourth-order valence-electron chi connectivity index (χ4n) is 6.03. The van der Waals surface area contributed by atoms with Crippen molar-refractivity contribution >= 4 is 21.7 Å². The first-order valence-electron chi connectivity index (χ1n) is 14.6. The molecular weight excluding hydrogens is 560 g/mol. The van der Waals surface area contributed by atoms with Gasteiger partial charge in [-0.3, -0.25) is 9.69 Å². The third-order valence-corrected chi connectivity index (χ3v) is 9.37. The Morgan fingerprint density at radius 2 is 1.60 bits per heavy atom. The van der Waals surface area contributed by atoms with E-state index in [1.165, 1.54) is 12.0 Å². The molecule has 0 saturated heterocycles. The van der Waals surface area contributed by atoms with Crippen molar-refractivity contribution in [1.29, 1.82) is 0 Å². The maximum Gasteiger partial charge on any atom is 0.326 e. The maximum atomic E-state index is 13.5. The van der Waals surface area contributed by atoms with Crippen LogP contribution in [-0.2, 0) is 27.6 Å². The Labute approximate surface area is 257 Å². The highest BCUT2D eigenvalue weighted by Gasteiger charge is 2.43. The molecule has 2 N–H and O–H groups in total. The highest BCUT2D eigenvalue weighted by Crippen LogP contribution is 2.43. The number of rotatable bonds is 13. The third kappa shape index (κ3) is 8.54. The minimum Gasteiger partial charge on any atom is -0.480 e. The van der Waals surface area contributed by atoms with Crippen LogP contribution in [0.25, 0.3) is 11.1 Å². The second kappa shape index (κ2) is 14.3. The zero-order valence-corrected chi connectivity index (χ0v) is 25.8. The van der Waals surface area contributed by atoms with E-state index in [2.05, 4.69) is 48.3 Å². The zero-order valence-electron chi connectivity index (χ0n) is 25.0. The molecule has 1 aliphatic carbocycles. The van der Waals surface area contributed by atoms with Crippen molar-refractivity contribution in [2.45, 2.75) is 84.5 Å². The van der Waals surface area contributed by atoms with E-state index in [4.69, 9.17) is 0 Å². The molecule has 0 radical (unpaired) electrons. The topological polar surface area (TPSA) is 104 Å². The van der Waals surface area contributed by atoms with Crippen molar-refractivity contribution in [3.05, 3.63) is 95.1 Å². The van der Waals surface area contributed by atoms with E-state index >= 15 is 0 Å². The zero-order chi connectivity index (χ0) is 30.5. The van der Waals surface area contributed by atoms with E-state index in [0.29, 0.717) is 11.6 Å². The Hall–Kier alpha value is -3.49. The number of amides is 1. The Morgan fingerprint density at radius 1 is 0.953 bits per heavy atom. The summed E-state index contributed by atoms with van der Waals surface area (Å²) in [6, 6.07) is 23.2. The summed E-state index contributed by atoms with van der Waals surface area (Å²) >= 11 is 0. The number of nitrogens with one attached hydrogen (secondary N) is 1. The van der Waals surface area contributed by atoms with Gasteiger partial charge in [-0.25, -0.2) is 13.2 Å². The number of benzene rings is 3. The summed E-state index contributed by atoms with van der Waals surface area (Å²) in [4.78, 5) is 28.0. The fourth-order valence-corrected chi connectivity index (χ4v) is 6.70. The van der Waals surface area contributed by atoms with Gasteiger partial charge in [0.1, 0.15) is 15.9 Å². The molecule has 1 fully saturated rings. The Kier molecular flexibility index (Phi) is 11.3. The number of nitrogens with zero attached hydrogens (tertiary/aromatic N) is 1. The lowest BCUT2D eigenvalue weighted by Crippen LogP contribution is -2.57. The highest BCUT2D eigenvalue weighted by molar-refractivity contribution is 7.90. The van der Waals surface area contributed by atoms with Gasteiger partial charge in [-0.05, 0) is 92.8 Å². The molecule has 7 nitrogen and oxygen atoms in total. The summed E-state index contributed by atoms with van der Waals surface area (Å²) < 4.78 is 23.3. The number of carbonyl (C=O) groups is 2. The number of carboxylic acids is 1. The largest absolute Gasteiger partial charge is 0.480 e. The highest BCUT2D eigenvalue weighted by atomic mass is 32.2. The molecule has 3 aromatic rings. The summed E-state index contributed by atoms with van der Waals surface area (Å²) in [6.45, 7) is 7.17. The van der Waals surface area contributed by atoms with E-state index in [1.54, 1.807) is 6.07 Å². The fraction of sp³-hybridized carbons (Fsp3) is 0.429. The number of carboxylic acid groups (broad SMARTS) is 1. The molecular formula is C35H46N2O5S. The van der Waals surface area contributed by atoms with Crippen LogP contribution in [0.4, 0.5) is 0 Å². The summed E-state index contributed by atoms with van der Waals surface area (Å²) in [5.74, 6) is -2.14. The first kappa shape index (κ1) is 34.0. The summed E-state index contributed by atoms with van der Waals surface area (Å²) in [6.07, 6.45) is 5.31. The molecule has 8 heteroatoms. The number of hydrogen-bond acceptors (Lipinski definition) is 5. The minimum atomic E-state index is -3.38. The molecule has 232 valence electrons. The molecule has 0 bridgehead atoms. The molecule has 0 heterocycles. The second-order valence-corrected chi connectivity index (χ2v) is 14.2. The molecule has 0 aliphatic heterocycles. The Morgan fingerprint density at radius 3 is 2.16 bits per heavy atom. The van der Waals surface area contributed by atoms with E-state index in [9.17, 15) is 23.1 Å². The van der Waals surface area contributed by atoms with Crippen LogP contribution in [0.1, 0.15) is 74.0 Å². The van der Waals surface area contributed by atoms with Crippen molar-refractivity contribution < 1.29 is 23.1 Å². The maximum absolute atomic E-state index is 13.5. The van der Waals surface area contributed by atoms with Gasteiger partial charge in [0.25, 0.3) is 5.91 Å². The van der Waals surface area contributed by atoms with Gasteiger partial charge in [0, 0.05) is 29.9 Å².